The highest BCUT2D eigenvalue weighted by molar-refractivity contribution is 6.06. The summed E-state index contributed by atoms with van der Waals surface area (Å²) in [5.74, 6) is -0.330. The summed E-state index contributed by atoms with van der Waals surface area (Å²) < 4.78 is 29.3. The summed E-state index contributed by atoms with van der Waals surface area (Å²) in [5, 5.41) is 3.55. The standard InChI is InChI=1S/C19H16F2N2O2/c1-11-7-8-14(10-17(11)25-19(20)21)23-18(24)15-9-13-5-3-4-6-16(13)22-12(15)2/h3-10,19H,1-2H3,(H,23,24). The van der Waals surface area contributed by atoms with Crippen LogP contribution in [0.4, 0.5) is 14.5 Å². The summed E-state index contributed by atoms with van der Waals surface area (Å²) in [6.07, 6.45) is 0. The number of pyridine rings is 1. The van der Waals surface area contributed by atoms with Gasteiger partial charge in [0.1, 0.15) is 5.75 Å². The Kier molecular flexibility index (Phi) is 4.61. The Bertz CT molecular complexity index is 942. The number of carbonyl (C=O) groups is 1. The van der Waals surface area contributed by atoms with Crippen LogP contribution in [0.15, 0.2) is 48.5 Å². The Labute approximate surface area is 143 Å². The first-order chi connectivity index (χ1) is 11.9. The van der Waals surface area contributed by atoms with Gasteiger partial charge in [0.15, 0.2) is 0 Å². The molecular weight excluding hydrogens is 326 g/mol. The molecule has 0 unspecified atom stereocenters. The predicted molar refractivity (Wildman–Crippen MR) is 92.2 cm³/mol. The van der Waals surface area contributed by atoms with E-state index < -0.39 is 6.61 Å². The van der Waals surface area contributed by atoms with Crippen LogP contribution >= 0.6 is 0 Å². The molecule has 0 saturated heterocycles. The Morgan fingerprint density at radius 2 is 1.88 bits per heavy atom. The third kappa shape index (κ3) is 3.74. The molecule has 3 aromatic rings. The number of aryl methyl sites for hydroxylation is 2. The fourth-order valence-electron chi connectivity index (χ4n) is 2.54. The fraction of sp³-hybridized carbons (Fsp3) is 0.158. The summed E-state index contributed by atoms with van der Waals surface area (Å²) in [4.78, 5) is 17.0. The predicted octanol–water partition coefficient (Wildman–Crippen LogP) is 4.71. The van der Waals surface area contributed by atoms with E-state index in [1.165, 1.54) is 6.07 Å². The van der Waals surface area contributed by atoms with E-state index in [1.54, 1.807) is 32.0 Å². The molecule has 0 saturated carbocycles. The van der Waals surface area contributed by atoms with E-state index in [1.807, 2.05) is 24.3 Å². The Hall–Kier alpha value is -3.02. The Morgan fingerprint density at radius 1 is 1.12 bits per heavy atom. The lowest BCUT2D eigenvalue weighted by atomic mass is 10.1. The van der Waals surface area contributed by atoms with Crippen molar-refractivity contribution in [3.05, 3.63) is 65.4 Å². The van der Waals surface area contributed by atoms with Gasteiger partial charge in [-0.05, 0) is 37.6 Å². The highest BCUT2D eigenvalue weighted by atomic mass is 19.3. The lowest BCUT2D eigenvalue weighted by Gasteiger charge is -2.12. The number of benzene rings is 2. The molecule has 25 heavy (non-hydrogen) atoms. The number of carbonyl (C=O) groups excluding carboxylic acids is 1. The van der Waals surface area contributed by atoms with Gasteiger partial charge in [-0.15, -0.1) is 0 Å². The first kappa shape index (κ1) is 16.8. The lowest BCUT2D eigenvalue weighted by Crippen LogP contribution is -2.14. The van der Waals surface area contributed by atoms with Gasteiger partial charge >= 0.3 is 6.61 Å². The second-order valence-electron chi connectivity index (χ2n) is 5.63. The molecule has 0 aliphatic rings. The zero-order valence-corrected chi connectivity index (χ0v) is 13.7. The van der Waals surface area contributed by atoms with Gasteiger partial charge in [0.05, 0.1) is 16.8 Å². The van der Waals surface area contributed by atoms with Crippen LogP contribution in [0.5, 0.6) is 5.75 Å². The van der Waals surface area contributed by atoms with E-state index in [0.29, 0.717) is 22.5 Å². The van der Waals surface area contributed by atoms with Gasteiger partial charge in [-0.2, -0.15) is 8.78 Å². The number of para-hydroxylation sites is 1. The molecule has 0 fully saturated rings. The number of alkyl halides is 2. The van der Waals surface area contributed by atoms with Crippen LogP contribution in [0.2, 0.25) is 0 Å². The average molecular weight is 342 g/mol. The third-order valence-corrected chi connectivity index (χ3v) is 3.82. The fourth-order valence-corrected chi connectivity index (χ4v) is 2.54. The van der Waals surface area contributed by atoms with E-state index in [4.69, 9.17) is 0 Å². The van der Waals surface area contributed by atoms with E-state index in [-0.39, 0.29) is 11.7 Å². The number of aromatic nitrogens is 1. The number of fused-ring (bicyclic) bond motifs is 1. The summed E-state index contributed by atoms with van der Waals surface area (Å²) in [6, 6.07) is 13.9. The van der Waals surface area contributed by atoms with Gasteiger partial charge in [0, 0.05) is 17.1 Å². The zero-order chi connectivity index (χ0) is 18.0. The van der Waals surface area contributed by atoms with E-state index in [0.717, 1.165) is 10.9 Å². The SMILES string of the molecule is Cc1ccc(NC(=O)c2cc3ccccc3nc2C)cc1OC(F)F. The normalized spacial score (nSPS) is 10.9. The second-order valence-corrected chi connectivity index (χ2v) is 5.63. The van der Waals surface area contributed by atoms with Crippen LogP contribution < -0.4 is 10.1 Å². The number of nitrogens with one attached hydrogen (secondary N) is 1. The molecule has 0 radical (unpaired) electrons. The van der Waals surface area contributed by atoms with Crippen LogP contribution in [0.3, 0.4) is 0 Å². The minimum Gasteiger partial charge on any atom is -0.434 e. The largest absolute Gasteiger partial charge is 0.434 e. The van der Waals surface area contributed by atoms with Crippen LogP contribution in [0, 0.1) is 13.8 Å². The minimum absolute atomic E-state index is 0.0289. The summed E-state index contributed by atoms with van der Waals surface area (Å²) in [7, 11) is 0. The van der Waals surface area contributed by atoms with Gasteiger partial charge in [-0.1, -0.05) is 24.3 Å². The van der Waals surface area contributed by atoms with Crippen LogP contribution in [0.25, 0.3) is 10.9 Å². The number of hydrogen-bond acceptors (Lipinski definition) is 3. The highest BCUT2D eigenvalue weighted by Gasteiger charge is 2.14. The number of amides is 1. The smallest absolute Gasteiger partial charge is 0.387 e. The molecule has 2 aromatic carbocycles. The quantitative estimate of drug-likeness (QED) is 0.747. The van der Waals surface area contributed by atoms with Crippen molar-refractivity contribution in [2.24, 2.45) is 0 Å². The van der Waals surface area contributed by atoms with Gasteiger partial charge < -0.3 is 10.1 Å². The molecule has 128 valence electrons. The maximum absolute atomic E-state index is 12.6. The number of ether oxygens (including phenoxy) is 1. The molecule has 0 atom stereocenters. The molecule has 6 heteroatoms. The molecule has 1 amide bonds. The van der Waals surface area contributed by atoms with Crippen molar-refractivity contribution in [1.82, 2.24) is 4.98 Å². The van der Waals surface area contributed by atoms with E-state index >= 15 is 0 Å². The summed E-state index contributed by atoms with van der Waals surface area (Å²) in [5.41, 5.74) is 2.75. The van der Waals surface area contributed by atoms with Crippen molar-refractivity contribution in [2.75, 3.05) is 5.32 Å². The zero-order valence-electron chi connectivity index (χ0n) is 13.7. The van der Waals surface area contributed by atoms with Crippen molar-refractivity contribution in [3.63, 3.8) is 0 Å². The van der Waals surface area contributed by atoms with Crippen molar-refractivity contribution >= 4 is 22.5 Å². The highest BCUT2D eigenvalue weighted by Crippen LogP contribution is 2.25. The minimum atomic E-state index is -2.92. The molecule has 1 heterocycles. The summed E-state index contributed by atoms with van der Waals surface area (Å²) >= 11 is 0. The van der Waals surface area contributed by atoms with Gasteiger partial charge in [0.25, 0.3) is 5.91 Å². The van der Waals surface area contributed by atoms with Gasteiger partial charge in [-0.3, -0.25) is 9.78 Å². The molecule has 3 rings (SSSR count). The topological polar surface area (TPSA) is 51.2 Å². The first-order valence-corrected chi connectivity index (χ1v) is 7.67. The first-order valence-electron chi connectivity index (χ1n) is 7.67. The van der Waals surface area contributed by atoms with Gasteiger partial charge in [0.2, 0.25) is 0 Å². The Morgan fingerprint density at radius 3 is 2.64 bits per heavy atom. The molecule has 0 aliphatic carbocycles. The van der Waals surface area contributed by atoms with Crippen molar-refractivity contribution in [2.45, 2.75) is 20.5 Å². The van der Waals surface area contributed by atoms with Crippen LogP contribution in [0.1, 0.15) is 21.6 Å². The van der Waals surface area contributed by atoms with Crippen LogP contribution in [-0.2, 0) is 0 Å². The maximum Gasteiger partial charge on any atom is 0.387 e. The number of rotatable bonds is 4. The molecule has 1 aromatic heterocycles. The molecule has 0 spiro atoms. The molecule has 4 nitrogen and oxygen atoms in total. The number of hydrogen-bond donors (Lipinski definition) is 1. The van der Waals surface area contributed by atoms with E-state index in [9.17, 15) is 13.6 Å². The average Bonchev–Trinajstić information content (AvgIpc) is 2.56. The number of anilines is 1. The molecule has 0 aliphatic heterocycles. The summed E-state index contributed by atoms with van der Waals surface area (Å²) in [6.45, 7) is 0.485. The van der Waals surface area contributed by atoms with Crippen molar-refractivity contribution in [3.8, 4) is 5.75 Å². The number of halogens is 2. The lowest BCUT2D eigenvalue weighted by molar-refractivity contribution is -0.0502. The van der Waals surface area contributed by atoms with E-state index in [2.05, 4.69) is 15.0 Å². The molecule has 1 N–H and O–H groups in total. The molecular formula is C19H16F2N2O2. The maximum atomic E-state index is 12.6. The van der Waals surface area contributed by atoms with Crippen LogP contribution in [-0.4, -0.2) is 17.5 Å². The monoisotopic (exact) mass is 342 g/mol. The number of nitrogens with zero attached hydrogens (tertiary/aromatic N) is 1. The Balaban J connectivity index is 1.88. The third-order valence-electron chi connectivity index (χ3n) is 3.82. The van der Waals surface area contributed by atoms with Crippen molar-refractivity contribution < 1.29 is 18.3 Å². The van der Waals surface area contributed by atoms with Crippen molar-refractivity contribution in [1.29, 1.82) is 0 Å². The molecule has 0 bridgehead atoms. The van der Waals surface area contributed by atoms with Gasteiger partial charge in [-0.25, -0.2) is 0 Å². The second kappa shape index (κ2) is 6.84.